The van der Waals surface area contributed by atoms with Crippen molar-refractivity contribution in [1.82, 2.24) is 0 Å². The highest BCUT2D eigenvalue weighted by molar-refractivity contribution is 4.67. The summed E-state index contributed by atoms with van der Waals surface area (Å²) in [7, 11) is 2.35. The van der Waals surface area contributed by atoms with Crippen LogP contribution in [0.15, 0.2) is 0 Å². The fourth-order valence-corrected chi connectivity index (χ4v) is 2.02. The number of hydrogen-bond acceptors (Lipinski definition) is 1. The Kier molecular flexibility index (Phi) is 3.55. The molecule has 0 aromatic rings. The zero-order valence-electron chi connectivity index (χ0n) is 8.05. The van der Waals surface area contributed by atoms with Crippen molar-refractivity contribution < 1.29 is 4.48 Å². The molecule has 1 aliphatic rings. The molecule has 1 saturated heterocycles. The van der Waals surface area contributed by atoms with Gasteiger partial charge in [0.2, 0.25) is 0 Å². The molecule has 0 bridgehead atoms. The molecule has 0 aromatic heterocycles. The minimum atomic E-state index is 0.736. The molecular weight excluding hydrogens is 148 g/mol. The van der Waals surface area contributed by atoms with Crippen LogP contribution < -0.4 is 0 Å². The molecule has 12 heavy (non-hydrogen) atoms. The molecule has 0 saturated carbocycles. The minimum absolute atomic E-state index is 0.736. The molecule has 0 N–H and O–H groups in total. The van der Waals surface area contributed by atoms with Crippen LogP contribution in [-0.4, -0.2) is 31.2 Å². The maximum Gasteiger partial charge on any atom is 0.0786 e. The second-order valence-electron chi connectivity index (χ2n) is 4.11. The van der Waals surface area contributed by atoms with Gasteiger partial charge in [0, 0.05) is 19.3 Å². The molecule has 0 aliphatic carbocycles. The summed E-state index contributed by atoms with van der Waals surface area (Å²) in [5.74, 6) is 0. The van der Waals surface area contributed by atoms with Crippen molar-refractivity contribution in [3.05, 3.63) is 0 Å². The molecule has 68 valence electrons. The van der Waals surface area contributed by atoms with E-state index in [1.54, 1.807) is 0 Å². The fourth-order valence-electron chi connectivity index (χ4n) is 2.02. The third-order valence-electron chi connectivity index (χ3n) is 2.88. The first kappa shape index (κ1) is 9.54. The summed E-state index contributed by atoms with van der Waals surface area (Å²) >= 11 is 0. The Morgan fingerprint density at radius 3 is 2.50 bits per heavy atom. The monoisotopic (exact) mass is 167 g/mol. The van der Waals surface area contributed by atoms with Crippen molar-refractivity contribution in [2.75, 3.05) is 26.7 Å². The molecule has 1 heterocycles. The Balaban J connectivity index is 2.09. The van der Waals surface area contributed by atoms with E-state index < -0.39 is 0 Å². The molecule has 0 atom stereocenters. The van der Waals surface area contributed by atoms with E-state index in [1.807, 2.05) is 0 Å². The largest absolute Gasteiger partial charge is 0.326 e. The van der Waals surface area contributed by atoms with Crippen molar-refractivity contribution in [3.63, 3.8) is 0 Å². The van der Waals surface area contributed by atoms with Gasteiger partial charge in [0.05, 0.1) is 32.8 Å². The Labute approximate surface area is 75.4 Å². The van der Waals surface area contributed by atoms with E-state index in [-0.39, 0.29) is 0 Å². The Morgan fingerprint density at radius 2 is 1.92 bits per heavy atom. The van der Waals surface area contributed by atoms with E-state index in [1.165, 1.54) is 43.4 Å². The zero-order valence-corrected chi connectivity index (χ0v) is 8.05. The second-order valence-corrected chi connectivity index (χ2v) is 4.11. The van der Waals surface area contributed by atoms with Crippen molar-refractivity contribution in [2.45, 2.75) is 32.1 Å². The van der Waals surface area contributed by atoms with Crippen LogP contribution in [0, 0.1) is 11.3 Å². The molecule has 0 spiro atoms. The topological polar surface area (TPSA) is 23.8 Å². The number of likely N-dealkylation sites (tertiary alicyclic amines) is 1. The number of nitriles is 1. The summed E-state index contributed by atoms with van der Waals surface area (Å²) in [5, 5.41) is 8.37. The molecule has 0 aromatic carbocycles. The number of unbranched alkanes of at least 4 members (excludes halogenated alkanes) is 2. The van der Waals surface area contributed by atoms with E-state index in [4.69, 9.17) is 5.26 Å². The first-order valence-corrected chi connectivity index (χ1v) is 4.97. The summed E-state index contributed by atoms with van der Waals surface area (Å²) in [6, 6.07) is 2.20. The van der Waals surface area contributed by atoms with Crippen LogP contribution in [0.5, 0.6) is 0 Å². The molecule has 2 heteroatoms. The average Bonchev–Trinajstić information content (AvgIpc) is 2.47. The summed E-state index contributed by atoms with van der Waals surface area (Å²) < 4.78 is 1.26. The van der Waals surface area contributed by atoms with Crippen LogP contribution in [0.3, 0.4) is 0 Å². The fraction of sp³-hybridized carbons (Fsp3) is 0.900. The average molecular weight is 167 g/mol. The molecule has 0 radical (unpaired) electrons. The smallest absolute Gasteiger partial charge is 0.0786 e. The van der Waals surface area contributed by atoms with Crippen molar-refractivity contribution >= 4 is 0 Å². The minimum Gasteiger partial charge on any atom is -0.326 e. The maximum absolute atomic E-state index is 8.37. The summed E-state index contributed by atoms with van der Waals surface area (Å²) in [5.41, 5.74) is 0. The van der Waals surface area contributed by atoms with Gasteiger partial charge < -0.3 is 4.48 Å². The van der Waals surface area contributed by atoms with E-state index >= 15 is 0 Å². The Bertz CT molecular complexity index is 163. The van der Waals surface area contributed by atoms with Gasteiger partial charge in [-0.15, -0.1) is 0 Å². The van der Waals surface area contributed by atoms with Gasteiger partial charge in [-0.05, 0) is 12.8 Å². The SMILES string of the molecule is C[N+]1(CCCCC#N)CCCC1. The summed E-state index contributed by atoms with van der Waals surface area (Å²) in [6.07, 6.45) is 5.85. The van der Waals surface area contributed by atoms with Crippen LogP contribution in [0.25, 0.3) is 0 Å². The lowest BCUT2D eigenvalue weighted by Crippen LogP contribution is -2.41. The third-order valence-corrected chi connectivity index (χ3v) is 2.88. The van der Waals surface area contributed by atoms with Gasteiger partial charge in [-0.2, -0.15) is 5.26 Å². The highest BCUT2D eigenvalue weighted by Crippen LogP contribution is 2.17. The highest BCUT2D eigenvalue weighted by Gasteiger charge is 2.25. The summed E-state index contributed by atoms with van der Waals surface area (Å²) in [6.45, 7) is 3.99. The van der Waals surface area contributed by atoms with Gasteiger partial charge in [-0.1, -0.05) is 0 Å². The van der Waals surface area contributed by atoms with Crippen LogP contribution in [-0.2, 0) is 0 Å². The molecule has 1 fully saturated rings. The first-order chi connectivity index (χ1) is 5.77. The van der Waals surface area contributed by atoms with Crippen LogP contribution in [0.1, 0.15) is 32.1 Å². The first-order valence-electron chi connectivity index (χ1n) is 4.97. The maximum atomic E-state index is 8.37. The number of hydrogen-bond donors (Lipinski definition) is 0. The van der Waals surface area contributed by atoms with E-state index in [0.29, 0.717) is 0 Å². The molecule has 1 aliphatic heterocycles. The van der Waals surface area contributed by atoms with Crippen molar-refractivity contribution in [1.29, 1.82) is 5.26 Å². The van der Waals surface area contributed by atoms with E-state index in [0.717, 1.165) is 12.8 Å². The number of quaternary nitrogens is 1. The molecular formula is C10H19N2+. The van der Waals surface area contributed by atoms with Crippen molar-refractivity contribution in [3.8, 4) is 6.07 Å². The van der Waals surface area contributed by atoms with Gasteiger partial charge >= 0.3 is 0 Å². The normalized spacial score (nSPS) is 20.7. The predicted octanol–water partition coefficient (Wildman–Crippen LogP) is 1.92. The second kappa shape index (κ2) is 4.47. The van der Waals surface area contributed by atoms with Crippen LogP contribution in [0.4, 0.5) is 0 Å². The Hall–Kier alpha value is -0.550. The summed E-state index contributed by atoms with van der Waals surface area (Å²) in [4.78, 5) is 0. The lowest BCUT2D eigenvalue weighted by atomic mass is 10.2. The quantitative estimate of drug-likeness (QED) is 0.463. The lowest BCUT2D eigenvalue weighted by Gasteiger charge is -2.28. The van der Waals surface area contributed by atoms with E-state index in [2.05, 4.69) is 13.1 Å². The highest BCUT2D eigenvalue weighted by atomic mass is 15.3. The standard InChI is InChI=1S/C10H19N2/c1-12(9-5-6-10-12)8-4-2-3-7-11/h2-6,8-10H2,1H3/q+1. The lowest BCUT2D eigenvalue weighted by molar-refractivity contribution is -0.897. The van der Waals surface area contributed by atoms with Gasteiger partial charge in [-0.25, -0.2) is 0 Å². The van der Waals surface area contributed by atoms with Crippen molar-refractivity contribution in [2.24, 2.45) is 0 Å². The number of rotatable bonds is 4. The predicted molar refractivity (Wildman–Crippen MR) is 49.5 cm³/mol. The van der Waals surface area contributed by atoms with Gasteiger partial charge in [0.1, 0.15) is 0 Å². The van der Waals surface area contributed by atoms with Gasteiger partial charge in [-0.3, -0.25) is 0 Å². The van der Waals surface area contributed by atoms with Gasteiger partial charge in [0.15, 0.2) is 0 Å². The zero-order chi connectivity index (χ0) is 8.86. The number of nitrogens with zero attached hydrogens (tertiary/aromatic N) is 2. The Morgan fingerprint density at radius 1 is 1.25 bits per heavy atom. The molecule has 0 unspecified atom stereocenters. The third kappa shape index (κ3) is 2.83. The molecule has 0 amide bonds. The molecule has 2 nitrogen and oxygen atoms in total. The van der Waals surface area contributed by atoms with Crippen LogP contribution >= 0.6 is 0 Å². The van der Waals surface area contributed by atoms with Crippen LogP contribution in [0.2, 0.25) is 0 Å². The molecule has 1 rings (SSSR count). The van der Waals surface area contributed by atoms with E-state index in [9.17, 15) is 0 Å². The van der Waals surface area contributed by atoms with Gasteiger partial charge in [0.25, 0.3) is 0 Å².